The number of carbonyl (C=O) groups is 1. The number of amides is 1. The smallest absolute Gasteiger partial charge is 0.223 e. The molecule has 2 aliphatic heterocycles. The Bertz CT molecular complexity index is 885. The molecular formula is C23H26ClNO4. The fourth-order valence-electron chi connectivity index (χ4n) is 3.94. The Hall–Kier alpha value is -2.40. The quantitative estimate of drug-likeness (QED) is 0.627. The number of rotatable bonds is 6. The Labute approximate surface area is 176 Å². The molecule has 1 amide bonds. The highest BCUT2D eigenvalue weighted by Gasteiger charge is 2.30. The van der Waals surface area contributed by atoms with Gasteiger partial charge in [0.05, 0.1) is 12.6 Å². The molecule has 154 valence electrons. The van der Waals surface area contributed by atoms with Crippen LogP contribution in [0.1, 0.15) is 42.9 Å². The zero-order chi connectivity index (χ0) is 20.2. The molecule has 2 aromatic rings. The van der Waals surface area contributed by atoms with Crippen molar-refractivity contribution >= 4 is 17.5 Å². The third kappa shape index (κ3) is 4.61. The van der Waals surface area contributed by atoms with E-state index in [2.05, 4.69) is 6.07 Å². The van der Waals surface area contributed by atoms with Crippen LogP contribution in [0, 0.1) is 6.92 Å². The monoisotopic (exact) mass is 415 g/mol. The highest BCUT2D eigenvalue weighted by molar-refractivity contribution is 6.31. The van der Waals surface area contributed by atoms with Gasteiger partial charge in [-0.05, 0) is 67.6 Å². The van der Waals surface area contributed by atoms with Crippen molar-refractivity contribution in [2.24, 2.45) is 0 Å². The van der Waals surface area contributed by atoms with Gasteiger partial charge in [-0.1, -0.05) is 17.7 Å². The minimum atomic E-state index is 0.109. The topological polar surface area (TPSA) is 48.0 Å². The van der Waals surface area contributed by atoms with Crippen LogP contribution in [0.15, 0.2) is 36.4 Å². The number of likely N-dealkylation sites (tertiary alicyclic amines) is 1. The predicted molar refractivity (Wildman–Crippen MR) is 112 cm³/mol. The highest BCUT2D eigenvalue weighted by atomic mass is 35.5. The van der Waals surface area contributed by atoms with E-state index < -0.39 is 0 Å². The van der Waals surface area contributed by atoms with E-state index in [0.717, 1.165) is 52.8 Å². The van der Waals surface area contributed by atoms with Crippen molar-refractivity contribution in [1.82, 2.24) is 4.90 Å². The number of ether oxygens (including phenoxy) is 3. The second kappa shape index (κ2) is 8.95. The average molecular weight is 416 g/mol. The van der Waals surface area contributed by atoms with E-state index >= 15 is 0 Å². The van der Waals surface area contributed by atoms with Gasteiger partial charge in [0, 0.05) is 18.0 Å². The third-order valence-corrected chi connectivity index (χ3v) is 5.88. The van der Waals surface area contributed by atoms with Gasteiger partial charge in [-0.3, -0.25) is 4.79 Å². The van der Waals surface area contributed by atoms with Gasteiger partial charge < -0.3 is 19.1 Å². The molecule has 6 heteroatoms. The maximum absolute atomic E-state index is 12.8. The molecule has 0 aromatic heterocycles. The lowest BCUT2D eigenvalue weighted by atomic mass is 10.0. The standard InChI is InChI=1S/C23H26ClNO4/c1-16-14-18(7-8-19(16)24)27-11-3-5-23(26)25-10-2-4-20(25)17-6-9-21-22(15-17)29-13-12-28-21/h6-9,14-15,20H,2-5,10-13H2,1H3. The zero-order valence-electron chi connectivity index (χ0n) is 16.7. The van der Waals surface area contributed by atoms with Crippen molar-refractivity contribution < 1.29 is 19.0 Å². The molecule has 2 aliphatic rings. The lowest BCUT2D eigenvalue weighted by Crippen LogP contribution is -2.30. The summed E-state index contributed by atoms with van der Waals surface area (Å²) >= 11 is 6.04. The largest absolute Gasteiger partial charge is 0.494 e. The van der Waals surface area contributed by atoms with Crippen molar-refractivity contribution in [3.8, 4) is 17.2 Å². The molecule has 2 heterocycles. The third-order valence-electron chi connectivity index (χ3n) is 5.46. The lowest BCUT2D eigenvalue weighted by molar-refractivity contribution is -0.132. The van der Waals surface area contributed by atoms with Crippen LogP contribution in [-0.2, 0) is 4.79 Å². The molecule has 1 atom stereocenters. The second-order valence-electron chi connectivity index (χ2n) is 7.51. The van der Waals surface area contributed by atoms with E-state index in [1.54, 1.807) is 0 Å². The number of benzene rings is 2. The molecule has 29 heavy (non-hydrogen) atoms. The number of nitrogens with zero attached hydrogens (tertiary/aromatic N) is 1. The Morgan fingerprint density at radius 1 is 1.17 bits per heavy atom. The molecule has 0 spiro atoms. The Morgan fingerprint density at radius 3 is 2.83 bits per heavy atom. The SMILES string of the molecule is Cc1cc(OCCCC(=O)N2CCCC2c2ccc3c(c2)OCCO3)ccc1Cl. The Kier molecular flexibility index (Phi) is 6.14. The summed E-state index contributed by atoms with van der Waals surface area (Å²) in [6.45, 7) is 4.41. The number of aryl methyl sites for hydroxylation is 1. The van der Waals surface area contributed by atoms with E-state index in [1.807, 2.05) is 42.2 Å². The summed E-state index contributed by atoms with van der Waals surface area (Å²) in [7, 11) is 0. The molecule has 4 rings (SSSR count). The van der Waals surface area contributed by atoms with Gasteiger partial charge in [0.2, 0.25) is 5.91 Å². The maximum Gasteiger partial charge on any atom is 0.223 e. The van der Waals surface area contributed by atoms with E-state index in [1.165, 1.54) is 0 Å². The van der Waals surface area contributed by atoms with Crippen LogP contribution in [0.25, 0.3) is 0 Å². The Morgan fingerprint density at radius 2 is 2.00 bits per heavy atom. The first-order valence-electron chi connectivity index (χ1n) is 10.2. The molecule has 0 saturated carbocycles. The molecule has 1 unspecified atom stereocenters. The number of fused-ring (bicyclic) bond motifs is 1. The van der Waals surface area contributed by atoms with E-state index in [0.29, 0.717) is 32.7 Å². The number of hydrogen-bond donors (Lipinski definition) is 0. The second-order valence-corrected chi connectivity index (χ2v) is 7.92. The van der Waals surface area contributed by atoms with Crippen molar-refractivity contribution in [2.45, 2.75) is 38.6 Å². The summed E-state index contributed by atoms with van der Waals surface area (Å²) in [5.74, 6) is 2.53. The molecule has 0 bridgehead atoms. The first-order chi connectivity index (χ1) is 14.1. The van der Waals surface area contributed by atoms with Crippen molar-refractivity contribution in [3.63, 3.8) is 0 Å². The Balaban J connectivity index is 1.31. The molecule has 5 nitrogen and oxygen atoms in total. The van der Waals surface area contributed by atoms with Gasteiger partial charge in [0.25, 0.3) is 0 Å². The first kappa shape index (κ1) is 19.9. The minimum Gasteiger partial charge on any atom is -0.494 e. The molecule has 2 aromatic carbocycles. The molecule has 1 saturated heterocycles. The lowest BCUT2D eigenvalue weighted by Gasteiger charge is -2.27. The molecular weight excluding hydrogens is 390 g/mol. The summed E-state index contributed by atoms with van der Waals surface area (Å²) in [5, 5.41) is 0.728. The van der Waals surface area contributed by atoms with Crippen molar-refractivity contribution in [3.05, 3.63) is 52.5 Å². The summed E-state index contributed by atoms with van der Waals surface area (Å²) < 4.78 is 17.1. The van der Waals surface area contributed by atoms with Gasteiger partial charge in [-0.25, -0.2) is 0 Å². The summed E-state index contributed by atoms with van der Waals surface area (Å²) in [5.41, 5.74) is 2.10. The highest BCUT2D eigenvalue weighted by Crippen LogP contribution is 2.38. The van der Waals surface area contributed by atoms with Crippen LogP contribution in [0.3, 0.4) is 0 Å². The van der Waals surface area contributed by atoms with Crippen LogP contribution in [-0.4, -0.2) is 37.2 Å². The first-order valence-corrected chi connectivity index (χ1v) is 10.6. The van der Waals surface area contributed by atoms with Crippen LogP contribution in [0.2, 0.25) is 5.02 Å². The van der Waals surface area contributed by atoms with Gasteiger partial charge in [-0.2, -0.15) is 0 Å². The van der Waals surface area contributed by atoms with Crippen LogP contribution in [0.5, 0.6) is 17.2 Å². The van der Waals surface area contributed by atoms with Gasteiger partial charge in [0.1, 0.15) is 19.0 Å². The molecule has 0 aliphatic carbocycles. The molecule has 1 fully saturated rings. The van der Waals surface area contributed by atoms with E-state index in [-0.39, 0.29) is 11.9 Å². The zero-order valence-corrected chi connectivity index (χ0v) is 17.4. The number of hydrogen-bond acceptors (Lipinski definition) is 4. The summed E-state index contributed by atoms with van der Waals surface area (Å²) in [4.78, 5) is 14.8. The number of carbonyl (C=O) groups excluding carboxylic acids is 1. The van der Waals surface area contributed by atoms with E-state index in [4.69, 9.17) is 25.8 Å². The van der Waals surface area contributed by atoms with Crippen molar-refractivity contribution in [2.75, 3.05) is 26.4 Å². The van der Waals surface area contributed by atoms with Crippen LogP contribution >= 0.6 is 11.6 Å². The predicted octanol–water partition coefficient (Wildman–Crippen LogP) is 4.94. The summed E-state index contributed by atoms with van der Waals surface area (Å²) in [6.07, 6.45) is 3.16. The van der Waals surface area contributed by atoms with Gasteiger partial charge in [0.15, 0.2) is 11.5 Å². The maximum atomic E-state index is 12.8. The normalized spacial score (nSPS) is 18.0. The minimum absolute atomic E-state index is 0.109. The van der Waals surface area contributed by atoms with Crippen LogP contribution < -0.4 is 14.2 Å². The molecule has 0 radical (unpaired) electrons. The number of halogens is 1. The fourth-order valence-corrected chi connectivity index (χ4v) is 4.06. The molecule has 0 N–H and O–H groups in total. The van der Waals surface area contributed by atoms with Crippen molar-refractivity contribution in [1.29, 1.82) is 0 Å². The van der Waals surface area contributed by atoms with E-state index in [9.17, 15) is 4.79 Å². The average Bonchev–Trinajstić information content (AvgIpc) is 3.23. The van der Waals surface area contributed by atoms with Gasteiger partial charge in [-0.15, -0.1) is 0 Å². The van der Waals surface area contributed by atoms with Gasteiger partial charge >= 0.3 is 0 Å². The fraction of sp³-hybridized carbons (Fsp3) is 0.435. The summed E-state index contributed by atoms with van der Waals surface area (Å²) in [6, 6.07) is 11.7. The van der Waals surface area contributed by atoms with Crippen LogP contribution in [0.4, 0.5) is 0 Å².